The Morgan fingerprint density at radius 1 is 1.27 bits per heavy atom. The molecule has 0 radical (unpaired) electrons. The van der Waals surface area contributed by atoms with Crippen molar-refractivity contribution >= 4 is 17.5 Å². The number of amides is 1. The van der Waals surface area contributed by atoms with Gasteiger partial charge >= 0.3 is 0 Å². The van der Waals surface area contributed by atoms with E-state index in [4.69, 9.17) is 21.1 Å². The van der Waals surface area contributed by atoms with Crippen molar-refractivity contribution in [3.8, 4) is 11.6 Å². The Bertz CT molecular complexity index is 776. The van der Waals surface area contributed by atoms with Crippen LogP contribution in [-0.4, -0.2) is 36.3 Å². The summed E-state index contributed by atoms with van der Waals surface area (Å²) >= 11 is 6.03. The minimum absolute atomic E-state index is 0.134. The Hall–Kier alpha value is -2.31. The number of carbonyl (C=O) groups excluding carboxylic acids is 1. The number of pyridine rings is 1. The topological polar surface area (TPSA) is 80.7 Å². The molecule has 0 spiro atoms. The molecule has 1 atom stereocenters. The third-order valence-electron chi connectivity index (χ3n) is 4.64. The van der Waals surface area contributed by atoms with Crippen molar-refractivity contribution in [2.45, 2.75) is 25.0 Å². The maximum atomic E-state index is 12.9. The molecular formula is C19H21ClN2O4. The molecule has 6 nitrogen and oxygen atoms in total. The van der Waals surface area contributed by atoms with Crippen molar-refractivity contribution in [1.82, 2.24) is 10.3 Å². The van der Waals surface area contributed by atoms with Gasteiger partial charge in [0, 0.05) is 17.3 Å². The lowest BCUT2D eigenvalue weighted by atomic mass is 9.75. The predicted octanol–water partition coefficient (Wildman–Crippen LogP) is 2.99. The van der Waals surface area contributed by atoms with Gasteiger partial charge in [-0.15, -0.1) is 0 Å². The Morgan fingerprint density at radius 2 is 2.04 bits per heavy atom. The zero-order valence-corrected chi connectivity index (χ0v) is 15.4. The summed E-state index contributed by atoms with van der Waals surface area (Å²) in [6.07, 6.45) is 2.61. The quantitative estimate of drug-likeness (QED) is 0.810. The number of carbonyl (C=O) groups is 1. The van der Waals surface area contributed by atoms with Gasteiger partial charge in [0.15, 0.2) is 0 Å². The third-order valence-corrected chi connectivity index (χ3v) is 4.88. The summed E-state index contributed by atoms with van der Waals surface area (Å²) in [7, 11) is 3.06. The fraction of sp³-hybridized carbons (Fsp3) is 0.368. The number of aromatic nitrogens is 1. The van der Waals surface area contributed by atoms with Crippen LogP contribution in [0.25, 0.3) is 0 Å². The maximum absolute atomic E-state index is 12.9. The highest BCUT2D eigenvalue weighted by Crippen LogP contribution is 2.38. The second-order valence-electron chi connectivity index (χ2n) is 6.31. The number of benzene rings is 1. The van der Waals surface area contributed by atoms with Crippen molar-refractivity contribution in [2.24, 2.45) is 5.92 Å². The Labute approximate surface area is 157 Å². The molecule has 7 heteroatoms. The summed E-state index contributed by atoms with van der Waals surface area (Å²) in [4.78, 5) is 17.1. The molecule has 1 saturated carbocycles. The SMILES string of the molecule is COc1ccc(C(NC(=O)c2cc(Cl)ccc2OC)C2CC(O)C2)cn1. The molecule has 3 rings (SSSR count). The van der Waals surface area contributed by atoms with Crippen LogP contribution in [0.15, 0.2) is 36.5 Å². The molecule has 0 bridgehead atoms. The lowest BCUT2D eigenvalue weighted by molar-refractivity contribution is 0.0234. The highest BCUT2D eigenvalue weighted by Gasteiger charge is 2.36. The van der Waals surface area contributed by atoms with E-state index in [1.54, 1.807) is 37.6 Å². The van der Waals surface area contributed by atoms with E-state index in [0.29, 0.717) is 35.1 Å². The zero-order valence-electron chi connectivity index (χ0n) is 14.6. The van der Waals surface area contributed by atoms with E-state index in [0.717, 1.165) is 5.56 Å². The molecule has 1 aliphatic rings. The van der Waals surface area contributed by atoms with E-state index < -0.39 is 0 Å². The summed E-state index contributed by atoms with van der Waals surface area (Å²) < 4.78 is 10.4. The minimum atomic E-state index is -0.327. The van der Waals surface area contributed by atoms with Gasteiger partial charge < -0.3 is 19.9 Å². The van der Waals surface area contributed by atoms with Crippen LogP contribution >= 0.6 is 11.6 Å². The van der Waals surface area contributed by atoms with Crippen molar-refractivity contribution in [1.29, 1.82) is 0 Å². The number of halogens is 1. The summed E-state index contributed by atoms with van der Waals surface area (Å²) in [6, 6.07) is 8.26. The number of rotatable bonds is 6. The van der Waals surface area contributed by atoms with Gasteiger partial charge in [-0.05, 0) is 42.5 Å². The van der Waals surface area contributed by atoms with Gasteiger partial charge in [0.05, 0.1) is 31.9 Å². The van der Waals surface area contributed by atoms with Gasteiger partial charge in [-0.1, -0.05) is 17.7 Å². The van der Waals surface area contributed by atoms with Gasteiger partial charge in [0.25, 0.3) is 5.91 Å². The van der Waals surface area contributed by atoms with Gasteiger partial charge in [0.2, 0.25) is 5.88 Å². The van der Waals surface area contributed by atoms with E-state index in [1.165, 1.54) is 7.11 Å². The molecule has 0 saturated heterocycles. The first-order chi connectivity index (χ1) is 12.5. The number of aliphatic hydroxyl groups excluding tert-OH is 1. The Morgan fingerprint density at radius 3 is 2.62 bits per heavy atom. The van der Waals surface area contributed by atoms with E-state index in [2.05, 4.69) is 10.3 Å². The average Bonchev–Trinajstić information content (AvgIpc) is 2.63. The number of methoxy groups -OCH3 is 2. The average molecular weight is 377 g/mol. The normalized spacial score (nSPS) is 20.0. The van der Waals surface area contributed by atoms with Crippen molar-refractivity contribution < 1.29 is 19.4 Å². The first kappa shape index (κ1) is 18.5. The summed E-state index contributed by atoms with van der Waals surface area (Å²) in [5, 5.41) is 13.2. The van der Waals surface area contributed by atoms with Gasteiger partial charge in [0.1, 0.15) is 5.75 Å². The first-order valence-corrected chi connectivity index (χ1v) is 8.72. The van der Waals surface area contributed by atoms with Crippen LogP contribution in [0.1, 0.15) is 34.8 Å². The summed E-state index contributed by atoms with van der Waals surface area (Å²) in [5.74, 6) is 0.803. The van der Waals surface area contributed by atoms with E-state index in [1.807, 2.05) is 6.07 Å². The highest BCUT2D eigenvalue weighted by molar-refractivity contribution is 6.31. The first-order valence-electron chi connectivity index (χ1n) is 8.34. The second-order valence-corrected chi connectivity index (χ2v) is 6.75. The number of ether oxygens (including phenoxy) is 2. The van der Waals surface area contributed by atoms with Crippen LogP contribution in [0.3, 0.4) is 0 Å². The molecule has 2 aromatic rings. The summed E-state index contributed by atoms with van der Waals surface area (Å²) in [5.41, 5.74) is 1.23. The fourth-order valence-electron chi connectivity index (χ4n) is 3.15. The van der Waals surface area contributed by atoms with Gasteiger partial charge in [-0.2, -0.15) is 0 Å². The predicted molar refractivity (Wildman–Crippen MR) is 97.7 cm³/mol. The molecule has 0 aliphatic heterocycles. The molecule has 1 unspecified atom stereocenters. The monoisotopic (exact) mass is 376 g/mol. The molecule has 1 aromatic carbocycles. The van der Waals surface area contributed by atoms with E-state index in [9.17, 15) is 9.90 Å². The molecule has 1 aromatic heterocycles. The van der Waals surface area contributed by atoms with Crippen LogP contribution in [0, 0.1) is 5.92 Å². The van der Waals surface area contributed by atoms with Gasteiger partial charge in [-0.25, -0.2) is 4.98 Å². The smallest absolute Gasteiger partial charge is 0.255 e. The van der Waals surface area contributed by atoms with Crippen molar-refractivity contribution in [3.05, 3.63) is 52.7 Å². The van der Waals surface area contributed by atoms with Crippen LogP contribution in [0.4, 0.5) is 0 Å². The maximum Gasteiger partial charge on any atom is 0.255 e. The largest absolute Gasteiger partial charge is 0.496 e. The fourth-order valence-corrected chi connectivity index (χ4v) is 3.32. The van der Waals surface area contributed by atoms with Crippen LogP contribution in [-0.2, 0) is 0 Å². The second kappa shape index (κ2) is 7.93. The Balaban J connectivity index is 1.85. The number of aliphatic hydroxyl groups is 1. The number of nitrogens with zero attached hydrogens (tertiary/aromatic N) is 1. The van der Waals surface area contributed by atoms with Gasteiger partial charge in [-0.3, -0.25) is 4.79 Å². The third kappa shape index (κ3) is 3.92. The molecule has 1 fully saturated rings. The van der Waals surface area contributed by atoms with Crippen molar-refractivity contribution in [2.75, 3.05) is 14.2 Å². The molecule has 1 heterocycles. The summed E-state index contributed by atoms with van der Waals surface area (Å²) in [6.45, 7) is 0. The lowest BCUT2D eigenvalue weighted by Gasteiger charge is -2.38. The highest BCUT2D eigenvalue weighted by atomic mass is 35.5. The molecular weight excluding hydrogens is 356 g/mol. The lowest BCUT2D eigenvalue weighted by Crippen LogP contribution is -2.41. The molecule has 138 valence electrons. The molecule has 1 amide bonds. The zero-order chi connectivity index (χ0) is 18.7. The number of nitrogens with one attached hydrogen (secondary N) is 1. The van der Waals surface area contributed by atoms with E-state index >= 15 is 0 Å². The number of hydrogen-bond donors (Lipinski definition) is 2. The standard InChI is InChI=1S/C19H21ClN2O4/c1-25-16-5-4-13(20)9-15(16)19(24)22-18(12-7-14(23)8-12)11-3-6-17(26-2)21-10-11/h3-6,9-10,12,14,18,23H,7-8H2,1-2H3,(H,22,24). The minimum Gasteiger partial charge on any atom is -0.496 e. The van der Waals surface area contributed by atoms with Crippen LogP contribution in [0.2, 0.25) is 5.02 Å². The number of hydrogen-bond acceptors (Lipinski definition) is 5. The molecule has 2 N–H and O–H groups in total. The molecule has 26 heavy (non-hydrogen) atoms. The Kier molecular flexibility index (Phi) is 5.64. The van der Waals surface area contributed by atoms with Crippen LogP contribution < -0.4 is 14.8 Å². The van der Waals surface area contributed by atoms with Crippen molar-refractivity contribution in [3.63, 3.8) is 0 Å². The van der Waals surface area contributed by atoms with E-state index in [-0.39, 0.29) is 24.0 Å². The molecule has 1 aliphatic carbocycles. The van der Waals surface area contributed by atoms with Crippen LogP contribution in [0.5, 0.6) is 11.6 Å².